The second-order valence-electron chi connectivity index (χ2n) is 8.02. The lowest BCUT2D eigenvalue weighted by molar-refractivity contribution is 0.213. The molecular formula is C18H35NS. The molecule has 20 heavy (non-hydrogen) atoms. The maximum Gasteiger partial charge on any atom is 0.00805 e. The highest BCUT2D eigenvalue weighted by molar-refractivity contribution is 7.99. The fraction of sp³-hybridized carbons (Fsp3) is 1.00. The summed E-state index contributed by atoms with van der Waals surface area (Å²) in [5, 5.41) is 4.94. The van der Waals surface area contributed by atoms with Crippen LogP contribution in [0, 0.1) is 11.3 Å². The fourth-order valence-corrected chi connectivity index (χ4v) is 5.29. The summed E-state index contributed by atoms with van der Waals surface area (Å²) in [6.07, 6.45) is 11.4. The van der Waals surface area contributed by atoms with Crippen molar-refractivity contribution in [2.45, 2.75) is 96.4 Å². The maximum atomic E-state index is 4.00. The van der Waals surface area contributed by atoms with Crippen molar-refractivity contribution in [3.8, 4) is 0 Å². The lowest BCUT2D eigenvalue weighted by Crippen LogP contribution is -2.36. The van der Waals surface area contributed by atoms with E-state index in [1.807, 2.05) is 0 Å². The van der Waals surface area contributed by atoms with Crippen LogP contribution in [0.2, 0.25) is 0 Å². The van der Waals surface area contributed by atoms with E-state index in [2.05, 4.69) is 44.8 Å². The Morgan fingerprint density at radius 2 is 1.70 bits per heavy atom. The van der Waals surface area contributed by atoms with Crippen LogP contribution in [-0.2, 0) is 0 Å². The van der Waals surface area contributed by atoms with Crippen LogP contribution in [0.15, 0.2) is 0 Å². The normalized spacial score (nSPS) is 36.0. The molecule has 4 atom stereocenters. The minimum absolute atomic E-state index is 0.505. The first kappa shape index (κ1) is 16.7. The molecule has 0 aromatic rings. The predicted octanol–water partition coefficient (Wildman–Crippen LogP) is 5.25. The molecule has 2 rings (SSSR count). The Morgan fingerprint density at radius 1 is 0.950 bits per heavy atom. The molecule has 0 spiro atoms. The van der Waals surface area contributed by atoms with Gasteiger partial charge in [0.25, 0.3) is 0 Å². The van der Waals surface area contributed by atoms with Gasteiger partial charge in [0.05, 0.1) is 0 Å². The molecule has 0 saturated heterocycles. The zero-order chi connectivity index (χ0) is 14.6. The van der Waals surface area contributed by atoms with Gasteiger partial charge in [-0.15, -0.1) is 0 Å². The third kappa shape index (κ3) is 4.94. The zero-order valence-electron chi connectivity index (χ0n) is 14.1. The van der Waals surface area contributed by atoms with Crippen molar-refractivity contribution < 1.29 is 0 Å². The topological polar surface area (TPSA) is 12.0 Å². The smallest absolute Gasteiger partial charge is 0.00805 e. The molecule has 118 valence electrons. The number of thioether (sulfide) groups is 1. The molecule has 0 aliphatic heterocycles. The van der Waals surface area contributed by atoms with Crippen LogP contribution in [0.1, 0.15) is 79.1 Å². The summed E-state index contributed by atoms with van der Waals surface area (Å²) in [6, 6.07) is 1.62. The molecule has 2 saturated carbocycles. The molecule has 0 radical (unpaired) electrons. The predicted molar refractivity (Wildman–Crippen MR) is 92.5 cm³/mol. The van der Waals surface area contributed by atoms with Crippen molar-refractivity contribution in [3.05, 3.63) is 0 Å². The van der Waals surface area contributed by atoms with Gasteiger partial charge in [-0.1, -0.05) is 34.1 Å². The number of rotatable bonds is 4. The van der Waals surface area contributed by atoms with Crippen molar-refractivity contribution in [2.24, 2.45) is 11.3 Å². The van der Waals surface area contributed by atoms with Crippen LogP contribution in [0.5, 0.6) is 0 Å². The Hall–Kier alpha value is 0.310. The summed E-state index contributed by atoms with van der Waals surface area (Å²) in [7, 11) is 0. The van der Waals surface area contributed by atoms with Crippen molar-refractivity contribution >= 4 is 11.8 Å². The summed E-state index contributed by atoms with van der Waals surface area (Å²) < 4.78 is 0. The fourth-order valence-electron chi connectivity index (χ4n) is 4.15. The van der Waals surface area contributed by atoms with E-state index in [1.54, 1.807) is 0 Å². The molecule has 2 aliphatic rings. The third-order valence-electron chi connectivity index (χ3n) is 5.45. The van der Waals surface area contributed by atoms with Crippen molar-refractivity contribution in [1.29, 1.82) is 0 Å². The summed E-state index contributed by atoms with van der Waals surface area (Å²) in [6.45, 7) is 9.57. The number of nitrogens with one attached hydrogen (secondary N) is 1. The van der Waals surface area contributed by atoms with Crippen LogP contribution in [0.25, 0.3) is 0 Å². The van der Waals surface area contributed by atoms with E-state index in [0.29, 0.717) is 5.41 Å². The second kappa shape index (κ2) is 7.54. The van der Waals surface area contributed by atoms with Gasteiger partial charge in [-0.2, -0.15) is 11.8 Å². The molecule has 0 bridgehead atoms. The van der Waals surface area contributed by atoms with E-state index < -0.39 is 0 Å². The van der Waals surface area contributed by atoms with E-state index in [-0.39, 0.29) is 0 Å². The zero-order valence-corrected chi connectivity index (χ0v) is 14.9. The molecule has 0 aromatic carbocycles. The summed E-state index contributed by atoms with van der Waals surface area (Å²) in [4.78, 5) is 0. The molecule has 0 aromatic heterocycles. The quantitative estimate of drug-likeness (QED) is 0.712. The lowest BCUT2D eigenvalue weighted by atomic mass is 9.76. The molecule has 0 heterocycles. The Morgan fingerprint density at radius 3 is 2.40 bits per heavy atom. The minimum atomic E-state index is 0.505. The molecule has 0 amide bonds. The Balaban J connectivity index is 1.75. The van der Waals surface area contributed by atoms with Gasteiger partial charge in [-0.25, -0.2) is 0 Å². The SMILES string of the molecule is CCSC1CCC(NC2CCCC(C(C)(C)C)CC2)C1. The monoisotopic (exact) mass is 297 g/mol. The molecule has 4 unspecified atom stereocenters. The highest BCUT2D eigenvalue weighted by atomic mass is 32.2. The molecule has 2 fully saturated rings. The highest BCUT2D eigenvalue weighted by Crippen LogP contribution is 2.37. The van der Waals surface area contributed by atoms with Crippen molar-refractivity contribution in [1.82, 2.24) is 5.32 Å². The van der Waals surface area contributed by atoms with E-state index >= 15 is 0 Å². The Bertz CT molecular complexity index is 284. The molecule has 1 N–H and O–H groups in total. The number of hydrogen-bond acceptors (Lipinski definition) is 2. The van der Waals surface area contributed by atoms with Gasteiger partial charge < -0.3 is 5.32 Å². The first-order valence-corrected chi connectivity index (χ1v) is 9.91. The summed E-state index contributed by atoms with van der Waals surface area (Å²) in [5.74, 6) is 2.22. The Kier molecular flexibility index (Phi) is 6.28. The minimum Gasteiger partial charge on any atom is -0.311 e. The van der Waals surface area contributed by atoms with E-state index in [4.69, 9.17) is 0 Å². The lowest BCUT2D eigenvalue weighted by Gasteiger charge is -2.30. The molecule has 1 nitrogen and oxygen atoms in total. The first-order valence-electron chi connectivity index (χ1n) is 8.86. The number of hydrogen-bond donors (Lipinski definition) is 1. The van der Waals surface area contributed by atoms with Gasteiger partial charge in [0, 0.05) is 17.3 Å². The maximum absolute atomic E-state index is 4.00. The van der Waals surface area contributed by atoms with Crippen LogP contribution in [-0.4, -0.2) is 23.1 Å². The average Bonchev–Trinajstić information content (AvgIpc) is 2.65. The van der Waals surface area contributed by atoms with Crippen LogP contribution >= 0.6 is 11.8 Å². The van der Waals surface area contributed by atoms with Crippen molar-refractivity contribution in [3.63, 3.8) is 0 Å². The van der Waals surface area contributed by atoms with Gasteiger partial charge in [0.2, 0.25) is 0 Å². The summed E-state index contributed by atoms with van der Waals surface area (Å²) >= 11 is 2.17. The Labute approximate surface area is 131 Å². The standard InChI is InChI=1S/C18H35NS/c1-5-20-17-12-11-16(13-17)19-15-8-6-7-14(9-10-15)18(2,3)4/h14-17,19H,5-13H2,1-4H3. The molecular weight excluding hydrogens is 262 g/mol. The van der Waals surface area contributed by atoms with E-state index in [0.717, 1.165) is 23.3 Å². The third-order valence-corrected chi connectivity index (χ3v) is 6.68. The van der Waals surface area contributed by atoms with E-state index in [1.165, 1.54) is 57.1 Å². The highest BCUT2D eigenvalue weighted by Gasteiger charge is 2.30. The van der Waals surface area contributed by atoms with Crippen molar-refractivity contribution in [2.75, 3.05) is 5.75 Å². The van der Waals surface area contributed by atoms with E-state index in [9.17, 15) is 0 Å². The van der Waals surface area contributed by atoms with Gasteiger partial charge in [0.15, 0.2) is 0 Å². The van der Waals surface area contributed by atoms with Crippen LogP contribution in [0.3, 0.4) is 0 Å². The van der Waals surface area contributed by atoms with Gasteiger partial charge >= 0.3 is 0 Å². The molecule has 2 aliphatic carbocycles. The average molecular weight is 298 g/mol. The first-order chi connectivity index (χ1) is 9.49. The van der Waals surface area contributed by atoms with Crippen LogP contribution < -0.4 is 5.32 Å². The largest absolute Gasteiger partial charge is 0.311 e. The summed E-state index contributed by atoms with van der Waals surface area (Å²) in [5.41, 5.74) is 0.505. The second-order valence-corrected chi connectivity index (χ2v) is 9.60. The van der Waals surface area contributed by atoms with Gasteiger partial charge in [-0.05, 0) is 62.0 Å². The van der Waals surface area contributed by atoms with Gasteiger partial charge in [-0.3, -0.25) is 0 Å². The van der Waals surface area contributed by atoms with Crippen LogP contribution in [0.4, 0.5) is 0 Å². The van der Waals surface area contributed by atoms with Gasteiger partial charge in [0.1, 0.15) is 0 Å². The molecule has 2 heteroatoms.